The Balaban J connectivity index is 0.00000140. The van der Waals surface area contributed by atoms with Crippen LogP contribution in [0.1, 0.15) is 28.9 Å². The van der Waals surface area contributed by atoms with Gasteiger partial charge in [0.05, 0.1) is 5.69 Å². The van der Waals surface area contributed by atoms with Gasteiger partial charge in [-0.15, -0.1) is 36.6 Å². The second kappa shape index (κ2) is 10.2. The molecule has 3 aromatic rings. The Kier molecular flexibility index (Phi) is 8.19. The zero-order valence-corrected chi connectivity index (χ0v) is 17.7. The highest BCUT2D eigenvalue weighted by atomic mass is 35.5. The van der Waals surface area contributed by atoms with Crippen molar-refractivity contribution in [2.45, 2.75) is 29.5 Å². The van der Waals surface area contributed by atoms with E-state index < -0.39 is 0 Å². The number of carbonyl (C=O) groups excluding carboxylic acids is 1. The molecule has 0 radical (unpaired) electrons. The first-order chi connectivity index (χ1) is 12.7. The molecule has 3 N–H and O–H groups in total. The van der Waals surface area contributed by atoms with Crippen LogP contribution in [-0.4, -0.2) is 27.9 Å². The van der Waals surface area contributed by atoms with Crippen LogP contribution >= 0.6 is 36.6 Å². The highest BCUT2D eigenvalue weighted by molar-refractivity contribution is 7.98. The van der Waals surface area contributed by atoms with Gasteiger partial charge in [0, 0.05) is 41.2 Å². The zero-order chi connectivity index (χ0) is 17.9. The van der Waals surface area contributed by atoms with Gasteiger partial charge in [0.15, 0.2) is 0 Å². The van der Waals surface area contributed by atoms with Crippen LogP contribution in [0, 0.1) is 5.92 Å². The van der Waals surface area contributed by atoms with Crippen LogP contribution in [-0.2, 0) is 5.75 Å². The van der Waals surface area contributed by atoms with Crippen molar-refractivity contribution in [1.82, 2.24) is 14.7 Å². The van der Waals surface area contributed by atoms with Gasteiger partial charge in [-0.25, -0.2) is 4.98 Å². The lowest BCUT2D eigenvalue weighted by Crippen LogP contribution is -2.41. The molecule has 0 spiro atoms. The molecular weight excluding hydrogens is 415 g/mol. The third-order valence-corrected chi connectivity index (χ3v) is 5.72. The maximum absolute atomic E-state index is 12.4. The summed E-state index contributed by atoms with van der Waals surface area (Å²) >= 11 is 1.71. The first-order valence-corrected chi connectivity index (χ1v) is 9.88. The van der Waals surface area contributed by atoms with Crippen LogP contribution in [0.25, 0.3) is 5.65 Å². The van der Waals surface area contributed by atoms with Crippen LogP contribution in [0.4, 0.5) is 0 Å². The molecule has 28 heavy (non-hydrogen) atoms. The van der Waals surface area contributed by atoms with Crippen LogP contribution in [0.2, 0.25) is 0 Å². The average molecular weight is 439 g/mol. The molecule has 1 aliphatic rings. The number of amides is 1. The summed E-state index contributed by atoms with van der Waals surface area (Å²) in [6, 6.07) is 13.8. The van der Waals surface area contributed by atoms with Crippen molar-refractivity contribution >= 4 is 48.1 Å². The Hall–Kier alpha value is -1.73. The van der Waals surface area contributed by atoms with Gasteiger partial charge in [-0.3, -0.25) is 4.79 Å². The second-order valence-corrected chi connectivity index (χ2v) is 7.71. The summed E-state index contributed by atoms with van der Waals surface area (Å²) in [7, 11) is 0. The fourth-order valence-corrected chi connectivity index (χ4v) is 3.82. The number of halogens is 2. The third kappa shape index (κ3) is 5.41. The summed E-state index contributed by atoms with van der Waals surface area (Å²) in [4.78, 5) is 18.1. The largest absolute Gasteiger partial charge is 0.348 e. The number of nitrogens with one attached hydrogen (secondary N) is 1. The van der Waals surface area contributed by atoms with Crippen LogP contribution in [0.3, 0.4) is 0 Å². The average Bonchev–Trinajstić information content (AvgIpc) is 3.43. The fraction of sp³-hybridized carbons (Fsp3) is 0.300. The summed E-state index contributed by atoms with van der Waals surface area (Å²) < 4.78 is 2.02. The minimum atomic E-state index is -0.0377. The lowest BCUT2D eigenvalue weighted by molar-refractivity contribution is 0.0933. The Morgan fingerprint density at radius 2 is 1.96 bits per heavy atom. The highest BCUT2D eigenvalue weighted by Gasteiger charge is 2.31. The molecular formula is C20H24Cl2N4OS. The van der Waals surface area contributed by atoms with Gasteiger partial charge < -0.3 is 15.5 Å². The Morgan fingerprint density at radius 3 is 2.61 bits per heavy atom. The number of nitrogens with zero attached hydrogens (tertiary/aromatic N) is 2. The molecule has 0 saturated heterocycles. The second-order valence-electron chi connectivity index (χ2n) is 6.66. The van der Waals surface area contributed by atoms with Crippen molar-refractivity contribution in [3.05, 3.63) is 66.1 Å². The van der Waals surface area contributed by atoms with Gasteiger partial charge in [0.25, 0.3) is 5.91 Å². The summed E-state index contributed by atoms with van der Waals surface area (Å²) in [5, 5.41) is 3.05. The SMILES string of the molecule is Cl.Cl.NCC(NC(=O)c1ccc(SCc2cn3ccccc3n2)cc1)C1CC1. The summed E-state index contributed by atoms with van der Waals surface area (Å²) in [5.41, 5.74) is 8.44. The van der Waals surface area contributed by atoms with E-state index in [1.807, 2.05) is 53.1 Å². The molecule has 1 aromatic carbocycles. The lowest BCUT2D eigenvalue weighted by Gasteiger charge is -2.16. The van der Waals surface area contributed by atoms with E-state index in [1.165, 1.54) is 12.8 Å². The predicted molar refractivity (Wildman–Crippen MR) is 119 cm³/mol. The van der Waals surface area contributed by atoms with Crippen molar-refractivity contribution in [2.75, 3.05) is 6.54 Å². The zero-order valence-electron chi connectivity index (χ0n) is 15.3. The van der Waals surface area contributed by atoms with Crippen LogP contribution < -0.4 is 11.1 Å². The Labute approximate surface area is 181 Å². The van der Waals surface area contributed by atoms with Crippen molar-refractivity contribution in [3.63, 3.8) is 0 Å². The van der Waals surface area contributed by atoms with Gasteiger partial charge in [0.1, 0.15) is 5.65 Å². The molecule has 2 aromatic heterocycles. The minimum absolute atomic E-state index is 0. The molecule has 4 rings (SSSR count). The maximum atomic E-state index is 12.4. The van der Waals surface area contributed by atoms with Gasteiger partial charge in [-0.2, -0.15) is 0 Å². The molecule has 2 heterocycles. The molecule has 150 valence electrons. The van der Waals surface area contributed by atoms with E-state index in [4.69, 9.17) is 5.73 Å². The number of fused-ring (bicyclic) bond motifs is 1. The Morgan fingerprint density at radius 1 is 1.21 bits per heavy atom. The summed E-state index contributed by atoms with van der Waals surface area (Å²) in [5.74, 6) is 1.32. The number of benzene rings is 1. The molecule has 1 unspecified atom stereocenters. The molecule has 8 heteroatoms. The topological polar surface area (TPSA) is 72.4 Å². The number of hydrogen-bond acceptors (Lipinski definition) is 4. The molecule has 0 bridgehead atoms. The van der Waals surface area contributed by atoms with Crippen molar-refractivity contribution in [3.8, 4) is 0 Å². The molecule has 1 amide bonds. The normalized spacial score (nSPS) is 14.0. The first kappa shape index (κ1) is 22.6. The van der Waals surface area contributed by atoms with E-state index in [2.05, 4.69) is 16.5 Å². The fourth-order valence-electron chi connectivity index (χ4n) is 3.04. The van der Waals surface area contributed by atoms with Crippen LogP contribution in [0.5, 0.6) is 0 Å². The number of carbonyl (C=O) groups is 1. The van der Waals surface area contributed by atoms with Crippen molar-refractivity contribution in [2.24, 2.45) is 11.7 Å². The number of aromatic nitrogens is 2. The monoisotopic (exact) mass is 438 g/mol. The van der Waals surface area contributed by atoms with E-state index in [0.717, 1.165) is 22.0 Å². The first-order valence-electron chi connectivity index (χ1n) is 8.89. The van der Waals surface area contributed by atoms with Gasteiger partial charge in [0.2, 0.25) is 0 Å². The van der Waals surface area contributed by atoms with Gasteiger partial charge in [-0.1, -0.05) is 6.07 Å². The standard InChI is InChI=1S/C20H22N4OS.2ClH/c21-11-18(14-4-5-14)23-20(25)15-6-8-17(9-7-15)26-13-16-12-24-10-2-1-3-19(24)22-16;;/h1-3,6-10,12,14,18H,4-5,11,13,21H2,(H,23,25);2*1H. The number of thioether (sulfide) groups is 1. The van der Waals surface area contributed by atoms with Crippen LogP contribution in [0.15, 0.2) is 59.8 Å². The summed E-state index contributed by atoms with van der Waals surface area (Å²) in [6.07, 6.45) is 6.39. The Bertz CT molecular complexity index is 879. The number of nitrogens with two attached hydrogens (primary N) is 1. The number of pyridine rings is 1. The van der Waals surface area contributed by atoms with Gasteiger partial charge >= 0.3 is 0 Å². The van der Waals surface area contributed by atoms with Crippen molar-refractivity contribution < 1.29 is 4.79 Å². The molecule has 1 aliphatic carbocycles. The quantitative estimate of drug-likeness (QED) is 0.547. The molecule has 5 nitrogen and oxygen atoms in total. The maximum Gasteiger partial charge on any atom is 0.251 e. The van der Waals surface area contributed by atoms with E-state index in [-0.39, 0.29) is 36.8 Å². The smallest absolute Gasteiger partial charge is 0.251 e. The van der Waals surface area contributed by atoms with E-state index in [1.54, 1.807) is 11.8 Å². The highest BCUT2D eigenvalue weighted by Crippen LogP contribution is 2.32. The molecule has 1 atom stereocenters. The molecule has 1 saturated carbocycles. The number of rotatable bonds is 7. The van der Waals surface area contributed by atoms with Gasteiger partial charge in [-0.05, 0) is 55.2 Å². The van der Waals surface area contributed by atoms with E-state index in [9.17, 15) is 4.79 Å². The van der Waals surface area contributed by atoms with Crippen molar-refractivity contribution in [1.29, 1.82) is 0 Å². The minimum Gasteiger partial charge on any atom is -0.348 e. The number of imidazole rings is 1. The summed E-state index contributed by atoms with van der Waals surface area (Å²) in [6.45, 7) is 0.503. The van der Waals surface area contributed by atoms with E-state index in [0.29, 0.717) is 18.0 Å². The lowest BCUT2D eigenvalue weighted by atomic mass is 10.1. The third-order valence-electron chi connectivity index (χ3n) is 4.68. The molecule has 0 aliphatic heterocycles. The predicted octanol–water partition coefficient (Wildman–Crippen LogP) is 3.94. The van der Waals surface area contributed by atoms with E-state index >= 15 is 0 Å². The number of hydrogen-bond donors (Lipinski definition) is 2. The molecule has 1 fully saturated rings.